The van der Waals surface area contributed by atoms with Gasteiger partial charge in [-0.25, -0.2) is 14.8 Å². The Morgan fingerprint density at radius 3 is 2.52 bits per heavy atom. The first-order valence-corrected chi connectivity index (χ1v) is 5.96. The summed E-state index contributed by atoms with van der Waals surface area (Å²) < 4.78 is 0. The standard InChI is InChI=1S/C13H7ClN4O3/c14-8-2-1-3-9(7(8)6-15)18-12(19)10-11(13(20)21)17-5-4-16-10/h1-5H,(H,18,19)(H,20,21). The van der Waals surface area contributed by atoms with E-state index in [0.717, 1.165) is 0 Å². The van der Waals surface area contributed by atoms with E-state index in [1.807, 2.05) is 6.07 Å². The van der Waals surface area contributed by atoms with E-state index in [0.29, 0.717) is 0 Å². The van der Waals surface area contributed by atoms with Crippen LogP contribution in [0.3, 0.4) is 0 Å². The van der Waals surface area contributed by atoms with Crippen LogP contribution in [0, 0.1) is 11.3 Å². The van der Waals surface area contributed by atoms with Crippen LogP contribution in [-0.4, -0.2) is 27.0 Å². The molecule has 0 fully saturated rings. The fourth-order valence-electron chi connectivity index (χ4n) is 1.58. The Labute approximate surface area is 123 Å². The number of amides is 1. The maximum atomic E-state index is 12.1. The molecule has 1 aromatic heterocycles. The summed E-state index contributed by atoms with van der Waals surface area (Å²) in [7, 11) is 0. The molecule has 8 heteroatoms. The van der Waals surface area contributed by atoms with Crippen molar-refractivity contribution in [2.24, 2.45) is 0 Å². The number of rotatable bonds is 3. The molecule has 2 aromatic rings. The number of nitriles is 1. The van der Waals surface area contributed by atoms with Crippen molar-refractivity contribution < 1.29 is 14.7 Å². The zero-order chi connectivity index (χ0) is 15.4. The molecule has 2 rings (SSSR count). The highest BCUT2D eigenvalue weighted by molar-refractivity contribution is 6.32. The van der Waals surface area contributed by atoms with Crippen molar-refractivity contribution in [1.29, 1.82) is 5.26 Å². The number of anilines is 1. The van der Waals surface area contributed by atoms with Crippen molar-refractivity contribution in [2.45, 2.75) is 0 Å². The molecular formula is C13H7ClN4O3. The number of halogens is 1. The Balaban J connectivity index is 2.38. The van der Waals surface area contributed by atoms with E-state index in [4.69, 9.17) is 22.0 Å². The van der Waals surface area contributed by atoms with E-state index in [2.05, 4.69) is 15.3 Å². The monoisotopic (exact) mass is 302 g/mol. The Morgan fingerprint density at radius 1 is 1.24 bits per heavy atom. The van der Waals surface area contributed by atoms with E-state index in [1.165, 1.54) is 24.5 Å². The second-order valence-corrected chi connectivity index (χ2v) is 4.19. The van der Waals surface area contributed by atoms with Crippen molar-refractivity contribution in [2.75, 3.05) is 5.32 Å². The lowest BCUT2D eigenvalue weighted by Gasteiger charge is -2.08. The predicted octanol–water partition coefficient (Wildman–Crippen LogP) is 1.95. The summed E-state index contributed by atoms with van der Waals surface area (Å²) in [6.07, 6.45) is 2.37. The number of nitrogens with one attached hydrogen (secondary N) is 1. The largest absolute Gasteiger partial charge is 0.476 e. The number of aromatic carboxylic acids is 1. The highest BCUT2D eigenvalue weighted by Crippen LogP contribution is 2.23. The van der Waals surface area contributed by atoms with E-state index in [9.17, 15) is 9.59 Å². The third-order valence-electron chi connectivity index (χ3n) is 2.49. The molecule has 7 nitrogen and oxygen atoms in total. The van der Waals surface area contributed by atoms with Crippen LogP contribution < -0.4 is 5.32 Å². The van der Waals surface area contributed by atoms with Gasteiger partial charge in [-0.15, -0.1) is 0 Å². The zero-order valence-corrected chi connectivity index (χ0v) is 11.1. The molecule has 0 saturated carbocycles. The van der Waals surface area contributed by atoms with Gasteiger partial charge >= 0.3 is 5.97 Å². The van der Waals surface area contributed by atoms with Gasteiger partial charge in [-0.2, -0.15) is 5.26 Å². The molecule has 1 amide bonds. The van der Waals surface area contributed by atoms with Gasteiger partial charge < -0.3 is 10.4 Å². The van der Waals surface area contributed by atoms with Crippen molar-refractivity contribution in [3.8, 4) is 6.07 Å². The Kier molecular flexibility index (Phi) is 4.11. The summed E-state index contributed by atoms with van der Waals surface area (Å²) in [5.74, 6) is -2.17. The second-order valence-electron chi connectivity index (χ2n) is 3.79. The highest BCUT2D eigenvalue weighted by atomic mass is 35.5. The third kappa shape index (κ3) is 2.96. The average Bonchev–Trinajstić information content (AvgIpc) is 2.47. The van der Waals surface area contributed by atoms with Crippen molar-refractivity contribution in [3.05, 3.63) is 52.6 Å². The molecule has 0 saturated heterocycles. The normalized spacial score (nSPS) is 9.71. The number of benzene rings is 1. The fraction of sp³-hybridized carbons (Fsp3) is 0. The van der Waals surface area contributed by atoms with Crippen LogP contribution in [-0.2, 0) is 0 Å². The Morgan fingerprint density at radius 2 is 1.90 bits per heavy atom. The van der Waals surface area contributed by atoms with Crippen molar-refractivity contribution in [1.82, 2.24) is 9.97 Å². The first-order valence-electron chi connectivity index (χ1n) is 5.59. The molecule has 1 aromatic carbocycles. The topological polar surface area (TPSA) is 116 Å². The van der Waals surface area contributed by atoms with E-state index < -0.39 is 17.6 Å². The van der Waals surface area contributed by atoms with Crippen molar-refractivity contribution in [3.63, 3.8) is 0 Å². The quantitative estimate of drug-likeness (QED) is 0.895. The van der Waals surface area contributed by atoms with Crippen LogP contribution in [0.2, 0.25) is 5.02 Å². The van der Waals surface area contributed by atoms with Crippen molar-refractivity contribution >= 4 is 29.2 Å². The van der Waals surface area contributed by atoms with Crippen LogP contribution in [0.25, 0.3) is 0 Å². The molecule has 0 aliphatic heterocycles. The number of nitrogens with zero attached hydrogens (tertiary/aromatic N) is 3. The minimum Gasteiger partial charge on any atom is -0.476 e. The number of hydrogen-bond donors (Lipinski definition) is 2. The summed E-state index contributed by atoms with van der Waals surface area (Å²) in [4.78, 5) is 30.4. The van der Waals surface area contributed by atoms with Crippen LogP contribution in [0.4, 0.5) is 5.69 Å². The molecule has 0 spiro atoms. The lowest BCUT2D eigenvalue weighted by atomic mass is 10.2. The van der Waals surface area contributed by atoms with Crippen LogP contribution >= 0.6 is 11.6 Å². The summed E-state index contributed by atoms with van der Waals surface area (Å²) in [6, 6.07) is 6.38. The molecule has 2 N–H and O–H groups in total. The first kappa shape index (κ1) is 14.4. The smallest absolute Gasteiger partial charge is 0.356 e. The maximum Gasteiger partial charge on any atom is 0.356 e. The number of aromatic nitrogens is 2. The predicted molar refractivity (Wildman–Crippen MR) is 73.1 cm³/mol. The summed E-state index contributed by atoms with van der Waals surface area (Å²) >= 11 is 5.84. The molecule has 0 unspecified atom stereocenters. The molecule has 0 radical (unpaired) electrons. The minimum absolute atomic E-state index is 0.0771. The Bertz CT molecular complexity index is 770. The second kappa shape index (κ2) is 5.98. The van der Waals surface area contributed by atoms with Gasteiger partial charge in [0.15, 0.2) is 11.4 Å². The molecule has 0 bridgehead atoms. The van der Waals surface area contributed by atoms with Gasteiger partial charge in [0.2, 0.25) is 0 Å². The average molecular weight is 303 g/mol. The molecule has 0 aliphatic carbocycles. The van der Waals surface area contributed by atoms with Gasteiger partial charge in [0, 0.05) is 12.4 Å². The number of carbonyl (C=O) groups is 2. The number of hydrogen-bond acceptors (Lipinski definition) is 5. The SMILES string of the molecule is N#Cc1c(Cl)cccc1NC(=O)c1nccnc1C(=O)O. The lowest BCUT2D eigenvalue weighted by Crippen LogP contribution is -2.20. The number of carbonyl (C=O) groups excluding carboxylic acids is 1. The number of carboxylic acids is 1. The van der Waals surface area contributed by atoms with Gasteiger partial charge in [0.1, 0.15) is 6.07 Å². The summed E-state index contributed by atoms with van der Waals surface area (Å²) in [5, 5.41) is 20.6. The van der Waals surface area contributed by atoms with Gasteiger partial charge in [-0.05, 0) is 12.1 Å². The van der Waals surface area contributed by atoms with Gasteiger partial charge in [0.25, 0.3) is 5.91 Å². The van der Waals surface area contributed by atoms with Gasteiger partial charge in [-0.3, -0.25) is 4.79 Å². The Hall–Kier alpha value is -2.98. The zero-order valence-electron chi connectivity index (χ0n) is 10.4. The van der Waals surface area contributed by atoms with Crippen LogP contribution in [0.15, 0.2) is 30.6 Å². The minimum atomic E-state index is -1.38. The third-order valence-corrected chi connectivity index (χ3v) is 2.80. The van der Waals surface area contributed by atoms with Crippen LogP contribution in [0.5, 0.6) is 0 Å². The summed E-state index contributed by atoms with van der Waals surface area (Å²) in [6.45, 7) is 0. The fourth-order valence-corrected chi connectivity index (χ4v) is 1.80. The molecule has 0 aliphatic rings. The maximum absolute atomic E-state index is 12.1. The van der Waals surface area contributed by atoms with Gasteiger partial charge in [0.05, 0.1) is 16.3 Å². The lowest BCUT2D eigenvalue weighted by molar-refractivity contribution is 0.0685. The molecule has 0 atom stereocenters. The molecule has 21 heavy (non-hydrogen) atoms. The number of carboxylic acid groups (broad SMARTS) is 1. The van der Waals surface area contributed by atoms with E-state index in [1.54, 1.807) is 6.07 Å². The molecule has 1 heterocycles. The highest BCUT2D eigenvalue weighted by Gasteiger charge is 2.20. The summed E-state index contributed by atoms with van der Waals surface area (Å²) in [5.41, 5.74) is -0.588. The molecule has 104 valence electrons. The van der Waals surface area contributed by atoms with Crippen LogP contribution in [0.1, 0.15) is 26.5 Å². The van der Waals surface area contributed by atoms with E-state index in [-0.39, 0.29) is 22.0 Å². The van der Waals surface area contributed by atoms with E-state index >= 15 is 0 Å². The first-order chi connectivity index (χ1) is 10.0. The molecular weight excluding hydrogens is 296 g/mol. The van der Waals surface area contributed by atoms with Gasteiger partial charge in [-0.1, -0.05) is 17.7 Å².